The van der Waals surface area contributed by atoms with E-state index in [2.05, 4.69) is 5.18 Å². The first-order valence-corrected chi connectivity index (χ1v) is 3.14. The summed E-state index contributed by atoms with van der Waals surface area (Å²) in [5, 5.41) is 2.28. The Labute approximate surface area is 60.1 Å². The van der Waals surface area contributed by atoms with Crippen LogP contribution in [-0.2, 0) is 4.79 Å². The fourth-order valence-corrected chi connectivity index (χ4v) is 0.643. The Bertz CT molecular complexity index is 170. The Morgan fingerprint density at radius 3 is 2.30 bits per heavy atom. The second kappa shape index (κ2) is 3.93. The normalized spacial score (nSPS) is 11.8. The number of carbonyl (C=O) groups is 1. The maximum absolute atomic E-state index is 10.5. The first-order chi connectivity index (χ1) is 4.57. The molecule has 0 aliphatic rings. The van der Waals surface area contributed by atoms with Crippen LogP contribution in [0, 0.1) is 10.8 Å². The zero-order chi connectivity index (χ0) is 8.15. The molecule has 0 fully saturated rings. The highest BCUT2D eigenvalue weighted by atomic mass is 16.3. The van der Waals surface area contributed by atoms with Crippen LogP contribution in [0.4, 0.5) is 0 Å². The lowest BCUT2D eigenvalue weighted by molar-refractivity contribution is -0.114. The molecule has 0 saturated heterocycles. The van der Waals surface area contributed by atoms with Gasteiger partial charge in [0.2, 0.25) is 0 Å². The quantitative estimate of drug-likeness (QED) is 0.435. The Morgan fingerprint density at radius 2 is 2.00 bits per heavy atom. The lowest BCUT2D eigenvalue weighted by Crippen LogP contribution is -1.95. The molecule has 0 unspecified atom stereocenters. The molecule has 0 heterocycles. The first-order valence-electron chi connectivity index (χ1n) is 3.14. The summed E-state index contributed by atoms with van der Waals surface area (Å²) in [4.78, 5) is 20.2. The number of nitrogens with zero attached hydrogens (tertiary/aromatic N) is 1. The average molecular weight is 141 g/mol. The minimum Gasteiger partial charge on any atom is -0.264 e. The third-order valence-electron chi connectivity index (χ3n) is 1.00. The van der Waals surface area contributed by atoms with E-state index in [9.17, 15) is 9.70 Å². The van der Waals surface area contributed by atoms with Gasteiger partial charge in [-0.05, 0) is 12.8 Å². The van der Waals surface area contributed by atoms with Crippen LogP contribution in [0.1, 0.15) is 20.8 Å². The summed E-state index contributed by atoms with van der Waals surface area (Å²) in [5.74, 6) is -0.389. The highest BCUT2D eigenvalue weighted by Crippen LogP contribution is 2.02. The first kappa shape index (κ1) is 9.01. The van der Waals surface area contributed by atoms with Crippen molar-refractivity contribution in [3.05, 3.63) is 16.6 Å². The minimum atomic E-state index is -0.672. The van der Waals surface area contributed by atoms with Crippen LogP contribution in [0.5, 0.6) is 0 Å². The molecule has 0 aliphatic heterocycles. The summed E-state index contributed by atoms with van der Waals surface area (Å²) in [5.41, 5.74) is 0.421. The minimum absolute atomic E-state index is 0.283. The molecule has 0 rings (SSSR count). The van der Waals surface area contributed by atoms with Crippen molar-refractivity contribution in [2.45, 2.75) is 20.8 Å². The lowest BCUT2D eigenvalue weighted by Gasteiger charge is -1.94. The Kier molecular flexibility index (Phi) is 3.54. The van der Waals surface area contributed by atoms with E-state index in [-0.39, 0.29) is 5.92 Å². The largest absolute Gasteiger partial charge is 0.312 e. The van der Waals surface area contributed by atoms with Gasteiger partial charge in [0, 0.05) is 10.7 Å². The highest BCUT2D eigenvalue weighted by Gasteiger charge is 2.02. The molecule has 3 nitrogen and oxygen atoms in total. The van der Waals surface area contributed by atoms with Gasteiger partial charge >= 0.3 is 5.91 Å². The van der Waals surface area contributed by atoms with E-state index in [0.717, 1.165) is 0 Å². The molecule has 0 radical (unpaired) electrons. The monoisotopic (exact) mass is 141 g/mol. The van der Waals surface area contributed by atoms with E-state index >= 15 is 0 Å². The molecule has 0 N–H and O–H groups in total. The topological polar surface area (TPSA) is 46.5 Å². The van der Waals surface area contributed by atoms with Crippen LogP contribution in [0.15, 0.2) is 16.8 Å². The van der Waals surface area contributed by atoms with E-state index in [0.29, 0.717) is 5.57 Å². The number of nitroso groups, excluding NO2 is 1. The molecule has 0 spiro atoms. The van der Waals surface area contributed by atoms with Crippen LogP contribution in [-0.4, -0.2) is 5.91 Å². The van der Waals surface area contributed by atoms with Gasteiger partial charge in [-0.2, -0.15) is 0 Å². The molecule has 0 aromatic rings. The fraction of sp³-hybridized carbons (Fsp3) is 0.571. The SMILES string of the molecule is C/C(=C/C(C)C)C(=O)N=O. The van der Waals surface area contributed by atoms with E-state index < -0.39 is 5.91 Å². The highest BCUT2D eigenvalue weighted by molar-refractivity contribution is 5.93. The summed E-state index contributed by atoms with van der Waals surface area (Å²) < 4.78 is 0. The van der Waals surface area contributed by atoms with Gasteiger partial charge in [0.15, 0.2) is 0 Å². The molecule has 0 aromatic carbocycles. The second-order valence-electron chi connectivity index (χ2n) is 2.49. The van der Waals surface area contributed by atoms with Crippen molar-refractivity contribution < 1.29 is 4.79 Å². The van der Waals surface area contributed by atoms with Gasteiger partial charge < -0.3 is 0 Å². The third kappa shape index (κ3) is 3.12. The molecule has 10 heavy (non-hydrogen) atoms. The molecule has 1 amide bonds. The van der Waals surface area contributed by atoms with Crippen LogP contribution < -0.4 is 0 Å². The second-order valence-corrected chi connectivity index (χ2v) is 2.49. The standard InChI is InChI=1S/C7H11NO2/c1-5(2)4-6(3)7(9)8-10/h4-5H,1-3H3/b6-4-. The predicted octanol–water partition coefficient (Wildman–Crippen LogP) is 1.88. The Hall–Kier alpha value is -0.990. The molecule has 3 heteroatoms. The average Bonchev–Trinajstić information content (AvgIpc) is 1.85. The number of rotatable bonds is 2. The molecular weight excluding hydrogens is 130 g/mol. The lowest BCUT2D eigenvalue weighted by atomic mass is 10.1. The van der Waals surface area contributed by atoms with Crippen LogP contribution in [0.25, 0.3) is 0 Å². The number of hydrogen-bond donors (Lipinski definition) is 0. The van der Waals surface area contributed by atoms with E-state index in [4.69, 9.17) is 0 Å². The van der Waals surface area contributed by atoms with Crippen molar-refractivity contribution in [1.82, 2.24) is 0 Å². The van der Waals surface area contributed by atoms with Crippen molar-refractivity contribution in [3.8, 4) is 0 Å². The van der Waals surface area contributed by atoms with Crippen molar-refractivity contribution in [3.63, 3.8) is 0 Å². The van der Waals surface area contributed by atoms with Crippen molar-refractivity contribution in [2.24, 2.45) is 11.1 Å². The number of amides is 1. The van der Waals surface area contributed by atoms with Crippen molar-refractivity contribution in [2.75, 3.05) is 0 Å². The zero-order valence-electron chi connectivity index (χ0n) is 6.42. The third-order valence-corrected chi connectivity index (χ3v) is 1.00. The van der Waals surface area contributed by atoms with Gasteiger partial charge in [0.1, 0.15) is 0 Å². The van der Waals surface area contributed by atoms with Gasteiger partial charge in [-0.15, -0.1) is 4.91 Å². The number of hydrogen-bond acceptors (Lipinski definition) is 2. The summed E-state index contributed by atoms with van der Waals surface area (Å²) in [6, 6.07) is 0. The van der Waals surface area contributed by atoms with E-state index in [1.165, 1.54) is 0 Å². The number of allylic oxidation sites excluding steroid dienone is 1. The summed E-state index contributed by atoms with van der Waals surface area (Å²) in [7, 11) is 0. The van der Waals surface area contributed by atoms with Crippen molar-refractivity contribution >= 4 is 5.91 Å². The summed E-state index contributed by atoms with van der Waals surface area (Å²) >= 11 is 0. The van der Waals surface area contributed by atoms with Gasteiger partial charge in [-0.25, -0.2) is 0 Å². The smallest absolute Gasteiger partial charge is 0.264 e. The van der Waals surface area contributed by atoms with Gasteiger partial charge in [0.05, 0.1) is 0 Å². The molecule has 0 aliphatic carbocycles. The van der Waals surface area contributed by atoms with Gasteiger partial charge in [0.25, 0.3) is 0 Å². The molecule has 56 valence electrons. The number of carbonyl (C=O) groups excluding carboxylic acids is 1. The maximum Gasteiger partial charge on any atom is 0.312 e. The van der Waals surface area contributed by atoms with E-state index in [1.807, 2.05) is 13.8 Å². The van der Waals surface area contributed by atoms with Crippen LogP contribution in [0.2, 0.25) is 0 Å². The molecule has 0 saturated carbocycles. The van der Waals surface area contributed by atoms with E-state index in [1.54, 1.807) is 13.0 Å². The molecule has 0 bridgehead atoms. The molecular formula is C7H11NO2. The summed E-state index contributed by atoms with van der Waals surface area (Å²) in [6.45, 7) is 5.45. The summed E-state index contributed by atoms with van der Waals surface area (Å²) in [6.07, 6.45) is 1.71. The van der Waals surface area contributed by atoms with Crippen molar-refractivity contribution in [1.29, 1.82) is 0 Å². The van der Waals surface area contributed by atoms with Crippen LogP contribution >= 0.6 is 0 Å². The Morgan fingerprint density at radius 1 is 1.50 bits per heavy atom. The Balaban J connectivity index is 4.19. The van der Waals surface area contributed by atoms with Gasteiger partial charge in [-0.3, -0.25) is 4.79 Å². The predicted molar refractivity (Wildman–Crippen MR) is 39.4 cm³/mol. The zero-order valence-corrected chi connectivity index (χ0v) is 6.42. The fourth-order valence-electron chi connectivity index (χ4n) is 0.643. The molecule has 0 aromatic heterocycles. The maximum atomic E-state index is 10.5. The molecule has 0 atom stereocenters. The van der Waals surface area contributed by atoms with Gasteiger partial charge in [-0.1, -0.05) is 19.9 Å². The van der Waals surface area contributed by atoms with Crippen LogP contribution in [0.3, 0.4) is 0 Å².